The number of nitrogens with zero attached hydrogens (tertiary/aromatic N) is 1. The average molecular weight is 181 g/mol. The molecule has 0 aromatic rings. The number of allylic oxidation sites excluding steroid dienone is 1. The van der Waals surface area contributed by atoms with Crippen molar-refractivity contribution >= 4 is 0 Å². The maximum absolute atomic E-state index is 2.44. The van der Waals surface area contributed by atoms with E-state index in [4.69, 9.17) is 0 Å². The summed E-state index contributed by atoms with van der Waals surface area (Å²) in [6.45, 7) is 8.07. The SMILES string of the molecule is C/C=C\N(C)CC1CCC1(C)CC. The summed E-state index contributed by atoms with van der Waals surface area (Å²) < 4.78 is 0. The van der Waals surface area contributed by atoms with Gasteiger partial charge in [0, 0.05) is 13.6 Å². The summed E-state index contributed by atoms with van der Waals surface area (Å²) in [6, 6.07) is 0. The Kier molecular flexibility index (Phi) is 3.40. The standard InChI is InChI=1S/C12H23N/c1-5-9-13(4)10-11-7-8-12(11,3)6-2/h5,9,11H,6-8,10H2,1-4H3/b9-5-. The molecule has 0 aromatic carbocycles. The highest BCUT2D eigenvalue weighted by atomic mass is 15.1. The zero-order chi connectivity index (χ0) is 9.90. The predicted molar refractivity (Wildman–Crippen MR) is 58.6 cm³/mol. The Bertz CT molecular complexity index is 182. The second kappa shape index (κ2) is 4.17. The van der Waals surface area contributed by atoms with Crippen LogP contribution in [-0.2, 0) is 0 Å². The second-order valence-electron chi connectivity index (χ2n) is 4.67. The van der Waals surface area contributed by atoms with Gasteiger partial charge < -0.3 is 4.90 Å². The van der Waals surface area contributed by atoms with E-state index in [9.17, 15) is 0 Å². The highest BCUT2D eigenvalue weighted by Gasteiger charge is 2.40. The first-order valence-corrected chi connectivity index (χ1v) is 5.45. The van der Waals surface area contributed by atoms with E-state index in [2.05, 4.69) is 45.0 Å². The van der Waals surface area contributed by atoms with E-state index < -0.39 is 0 Å². The van der Waals surface area contributed by atoms with Crippen LogP contribution in [0.4, 0.5) is 0 Å². The van der Waals surface area contributed by atoms with Gasteiger partial charge in [0.05, 0.1) is 0 Å². The first-order valence-electron chi connectivity index (χ1n) is 5.45. The van der Waals surface area contributed by atoms with Gasteiger partial charge in [-0.05, 0) is 37.3 Å². The lowest BCUT2D eigenvalue weighted by molar-refractivity contribution is 0.0299. The number of hydrogen-bond acceptors (Lipinski definition) is 1. The lowest BCUT2D eigenvalue weighted by Crippen LogP contribution is -2.42. The molecule has 0 aromatic heterocycles. The van der Waals surface area contributed by atoms with Crippen LogP contribution in [-0.4, -0.2) is 18.5 Å². The Hall–Kier alpha value is -0.460. The molecular formula is C12H23N. The van der Waals surface area contributed by atoms with Gasteiger partial charge in [-0.1, -0.05) is 26.3 Å². The van der Waals surface area contributed by atoms with Crippen LogP contribution >= 0.6 is 0 Å². The first-order chi connectivity index (χ1) is 6.12. The van der Waals surface area contributed by atoms with E-state index in [1.165, 1.54) is 25.8 Å². The van der Waals surface area contributed by atoms with Crippen molar-refractivity contribution in [3.63, 3.8) is 0 Å². The van der Waals surface area contributed by atoms with Crippen molar-refractivity contribution in [1.82, 2.24) is 4.90 Å². The molecule has 1 heteroatoms. The Labute approximate surface area is 82.8 Å². The van der Waals surface area contributed by atoms with Crippen LogP contribution in [0.25, 0.3) is 0 Å². The molecule has 1 nitrogen and oxygen atoms in total. The third-order valence-corrected chi connectivity index (χ3v) is 3.77. The summed E-state index contributed by atoms with van der Waals surface area (Å²) in [4.78, 5) is 2.32. The monoisotopic (exact) mass is 181 g/mol. The fraction of sp³-hybridized carbons (Fsp3) is 0.833. The van der Waals surface area contributed by atoms with Crippen LogP contribution < -0.4 is 0 Å². The van der Waals surface area contributed by atoms with Crippen LogP contribution in [0.15, 0.2) is 12.3 Å². The molecule has 2 unspecified atom stereocenters. The molecule has 0 saturated heterocycles. The first kappa shape index (κ1) is 10.6. The molecule has 0 N–H and O–H groups in total. The predicted octanol–water partition coefficient (Wildman–Crippen LogP) is 3.28. The van der Waals surface area contributed by atoms with Gasteiger partial charge >= 0.3 is 0 Å². The minimum absolute atomic E-state index is 0.635. The van der Waals surface area contributed by atoms with Crippen LogP contribution in [0, 0.1) is 11.3 Å². The second-order valence-corrected chi connectivity index (χ2v) is 4.67. The quantitative estimate of drug-likeness (QED) is 0.643. The molecule has 1 aliphatic rings. The molecule has 0 bridgehead atoms. The Morgan fingerprint density at radius 1 is 1.54 bits per heavy atom. The van der Waals surface area contributed by atoms with Crippen molar-refractivity contribution < 1.29 is 0 Å². The Morgan fingerprint density at radius 3 is 2.62 bits per heavy atom. The van der Waals surface area contributed by atoms with Crippen molar-refractivity contribution in [3.05, 3.63) is 12.3 Å². The molecule has 2 atom stereocenters. The van der Waals surface area contributed by atoms with E-state index in [0.717, 1.165) is 5.92 Å². The van der Waals surface area contributed by atoms with E-state index >= 15 is 0 Å². The van der Waals surface area contributed by atoms with Gasteiger partial charge in [0.1, 0.15) is 0 Å². The Balaban J connectivity index is 2.38. The molecule has 0 heterocycles. The van der Waals surface area contributed by atoms with Gasteiger partial charge in [0.15, 0.2) is 0 Å². The van der Waals surface area contributed by atoms with Crippen molar-refractivity contribution in [1.29, 1.82) is 0 Å². The normalized spacial score (nSPS) is 33.4. The largest absolute Gasteiger partial charge is 0.380 e. The maximum atomic E-state index is 2.44. The third-order valence-electron chi connectivity index (χ3n) is 3.77. The number of hydrogen-bond donors (Lipinski definition) is 0. The van der Waals surface area contributed by atoms with E-state index in [1.807, 2.05) is 0 Å². The molecule has 0 amide bonds. The van der Waals surface area contributed by atoms with Gasteiger partial charge in [-0.2, -0.15) is 0 Å². The summed E-state index contributed by atoms with van der Waals surface area (Å²) in [5, 5.41) is 0. The summed E-state index contributed by atoms with van der Waals surface area (Å²) >= 11 is 0. The minimum Gasteiger partial charge on any atom is -0.380 e. The summed E-state index contributed by atoms with van der Waals surface area (Å²) in [5.41, 5.74) is 0.635. The van der Waals surface area contributed by atoms with Crippen molar-refractivity contribution in [2.75, 3.05) is 13.6 Å². The summed E-state index contributed by atoms with van der Waals surface area (Å²) in [7, 11) is 2.17. The lowest BCUT2D eigenvalue weighted by atomic mass is 9.60. The molecule has 1 fully saturated rings. The van der Waals surface area contributed by atoms with E-state index in [-0.39, 0.29) is 0 Å². The molecule has 1 aliphatic carbocycles. The molecule has 0 spiro atoms. The summed E-state index contributed by atoms with van der Waals surface area (Å²) in [5.74, 6) is 0.915. The lowest BCUT2D eigenvalue weighted by Gasteiger charge is -2.48. The fourth-order valence-electron chi connectivity index (χ4n) is 2.28. The zero-order valence-corrected chi connectivity index (χ0v) is 9.51. The molecule has 76 valence electrons. The van der Waals surface area contributed by atoms with Crippen LogP contribution in [0.3, 0.4) is 0 Å². The van der Waals surface area contributed by atoms with Gasteiger partial charge in [-0.15, -0.1) is 0 Å². The van der Waals surface area contributed by atoms with Crippen LogP contribution in [0.2, 0.25) is 0 Å². The number of rotatable bonds is 4. The van der Waals surface area contributed by atoms with Gasteiger partial charge in [-0.3, -0.25) is 0 Å². The summed E-state index contributed by atoms with van der Waals surface area (Å²) in [6.07, 6.45) is 8.47. The van der Waals surface area contributed by atoms with Crippen molar-refractivity contribution in [2.45, 2.75) is 40.0 Å². The van der Waals surface area contributed by atoms with Crippen LogP contribution in [0.1, 0.15) is 40.0 Å². The molecule has 13 heavy (non-hydrogen) atoms. The molecular weight excluding hydrogens is 158 g/mol. The zero-order valence-electron chi connectivity index (χ0n) is 9.51. The highest BCUT2D eigenvalue weighted by Crippen LogP contribution is 2.48. The topological polar surface area (TPSA) is 3.24 Å². The molecule has 1 rings (SSSR count). The smallest absolute Gasteiger partial charge is 0.0202 e. The van der Waals surface area contributed by atoms with Crippen molar-refractivity contribution in [3.8, 4) is 0 Å². The van der Waals surface area contributed by atoms with Crippen LogP contribution in [0.5, 0.6) is 0 Å². The Morgan fingerprint density at radius 2 is 2.23 bits per heavy atom. The van der Waals surface area contributed by atoms with Gasteiger partial charge in [0.2, 0.25) is 0 Å². The third kappa shape index (κ3) is 2.26. The molecule has 0 aliphatic heterocycles. The van der Waals surface area contributed by atoms with Crippen molar-refractivity contribution in [2.24, 2.45) is 11.3 Å². The molecule has 0 radical (unpaired) electrons. The minimum atomic E-state index is 0.635. The molecule has 1 saturated carbocycles. The average Bonchev–Trinajstić information content (AvgIpc) is 2.12. The van der Waals surface area contributed by atoms with Gasteiger partial charge in [0.25, 0.3) is 0 Å². The van der Waals surface area contributed by atoms with E-state index in [1.54, 1.807) is 0 Å². The maximum Gasteiger partial charge on any atom is 0.0202 e. The van der Waals surface area contributed by atoms with Gasteiger partial charge in [-0.25, -0.2) is 0 Å². The van der Waals surface area contributed by atoms with E-state index in [0.29, 0.717) is 5.41 Å². The fourth-order valence-corrected chi connectivity index (χ4v) is 2.28. The highest BCUT2D eigenvalue weighted by molar-refractivity contribution is 4.93.